The van der Waals surface area contributed by atoms with Crippen LogP contribution in [0.4, 0.5) is 0 Å². The monoisotopic (exact) mass is 324 g/mol. The summed E-state index contributed by atoms with van der Waals surface area (Å²) in [5.74, 6) is 0.643. The summed E-state index contributed by atoms with van der Waals surface area (Å²) in [4.78, 5) is 14.6. The van der Waals surface area contributed by atoms with Gasteiger partial charge in [-0.25, -0.2) is 0 Å². The van der Waals surface area contributed by atoms with Crippen LogP contribution in [0.1, 0.15) is 51.0 Å². The van der Waals surface area contributed by atoms with Gasteiger partial charge in [-0.15, -0.1) is 12.4 Å². The molecule has 124 valence electrons. The van der Waals surface area contributed by atoms with E-state index in [1.165, 1.54) is 18.4 Å². The third kappa shape index (κ3) is 5.62. The topological polar surface area (TPSA) is 46.3 Å². The molecule has 0 aliphatic heterocycles. The van der Waals surface area contributed by atoms with Crippen LogP contribution in [0.5, 0.6) is 0 Å². The van der Waals surface area contributed by atoms with E-state index in [9.17, 15) is 4.79 Å². The third-order valence-corrected chi connectivity index (χ3v) is 4.47. The average Bonchev–Trinajstić information content (AvgIpc) is 2.50. The Morgan fingerprint density at radius 3 is 2.55 bits per heavy atom. The highest BCUT2D eigenvalue weighted by Gasteiger charge is 2.26. The molecule has 3 nitrogen and oxygen atoms in total. The number of hydrogen-bond acceptors (Lipinski definition) is 2. The molecule has 0 spiro atoms. The number of halogens is 1. The molecule has 1 aliphatic rings. The normalized spacial score (nSPS) is 21.0. The van der Waals surface area contributed by atoms with Gasteiger partial charge >= 0.3 is 0 Å². The van der Waals surface area contributed by atoms with E-state index in [0.717, 1.165) is 32.4 Å². The predicted octanol–water partition coefficient (Wildman–Crippen LogP) is 3.75. The van der Waals surface area contributed by atoms with Crippen molar-refractivity contribution in [2.24, 2.45) is 11.7 Å². The van der Waals surface area contributed by atoms with Gasteiger partial charge in [-0.2, -0.15) is 0 Å². The fraction of sp³-hybridized carbons (Fsp3) is 0.611. The van der Waals surface area contributed by atoms with Crippen molar-refractivity contribution < 1.29 is 4.79 Å². The summed E-state index contributed by atoms with van der Waals surface area (Å²) in [7, 11) is 0. The molecular weight excluding hydrogens is 296 g/mol. The zero-order chi connectivity index (χ0) is 15.1. The summed E-state index contributed by atoms with van der Waals surface area (Å²) >= 11 is 0. The molecular formula is C18H29ClN2O. The molecule has 2 atom stereocenters. The summed E-state index contributed by atoms with van der Waals surface area (Å²) in [6, 6.07) is 10.5. The van der Waals surface area contributed by atoms with Crippen molar-refractivity contribution in [1.82, 2.24) is 4.90 Å². The Kier molecular flexibility index (Phi) is 8.51. The number of benzene rings is 1. The molecule has 1 amide bonds. The summed E-state index contributed by atoms with van der Waals surface area (Å²) in [5, 5.41) is 0. The highest BCUT2D eigenvalue weighted by Crippen LogP contribution is 2.26. The van der Waals surface area contributed by atoms with E-state index in [0.29, 0.717) is 12.3 Å². The number of nitrogens with two attached hydrogens (primary N) is 1. The first-order chi connectivity index (χ1) is 10.2. The van der Waals surface area contributed by atoms with Crippen LogP contribution in [0.25, 0.3) is 0 Å². The summed E-state index contributed by atoms with van der Waals surface area (Å²) in [6.07, 6.45) is 6.23. The van der Waals surface area contributed by atoms with Gasteiger partial charge in [0.2, 0.25) is 5.91 Å². The minimum absolute atomic E-state index is 0. The third-order valence-electron chi connectivity index (χ3n) is 4.47. The summed E-state index contributed by atoms with van der Waals surface area (Å²) in [6.45, 7) is 3.67. The molecule has 0 heterocycles. The molecule has 1 aliphatic carbocycles. The lowest BCUT2D eigenvalue weighted by Gasteiger charge is -2.30. The van der Waals surface area contributed by atoms with Gasteiger partial charge in [0.05, 0.1) is 0 Å². The fourth-order valence-corrected chi connectivity index (χ4v) is 3.21. The molecule has 2 unspecified atom stereocenters. The van der Waals surface area contributed by atoms with Crippen LogP contribution >= 0.6 is 12.4 Å². The molecule has 2 N–H and O–H groups in total. The lowest BCUT2D eigenvalue weighted by Crippen LogP contribution is -2.39. The van der Waals surface area contributed by atoms with E-state index in [1.54, 1.807) is 0 Å². The SMILES string of the molecule is CCCN(Cc1ccccc1)C(=O)CC1CCCCC1N.Cl. The van der Waals surface area contributed by atoms with E-state index in [4.69, 9.17) is 5.73 Å². The van der Waals surface area contributed by atoms with Crippen molar-refractivity contribution in [1.29, 1.82) is 0 Å². The van der Waals surface area contributed by atoms with Gasteiger partial charge in [-0.3, -0.25) is 4.79 Å². The van der Waals surface area contributed by atoms with Crippen molar-refractivity contribution in [3.8, 4) is 0 Å². The van der Waals surface area contributed by atoms with Crippen LogP contribution in [-0.2, 0) is 11.3 Å². The van der Waals surface area contributed by atoms with Crippen molar-refractivity contribution in [2.45, 2.75) is 58.0 Å². The number of amides is 1. The van der Waals surface area contributed by atoms with Crippen LogP contribution in [0, 0.1) is 5.92 Å². The molecule has 2 rings (SSSR count). The number of hydrogen-bond donors (Lipinski definition) is 1. The second kappa shape index (κ2) is 9.86. The minimum atomic E-state index is 0. The van der Waals surface area contributed by atoms with Gasteiger partial charge in [0.1, 0.15) is 0 Å². The Morgan fingerprint density at radius 1 is 1.23 bits per heavy atom. The molecule has 0 aromatic heterocycles. The van der Waals surface area contributed by atoms with E-state index in [-0.39, 0.29) is 24.4 Å². The van der Waals surface area contributed by atoms with Crippen molar-refractivity contribution >= 4 is 18.3 Å². The first-order valence-corrected chi connectivity index (χ1v) is 8.28. The van der Waals surface area contributed by atoms with Crippen LogP contribution in [0.2, 0.25) is 0 Å². The molecule has 0 bridgehead atoms. The van der Waals surface area contributed by atoms with Gasteiger partial charge in [-0.1, -0.05) is 50.1 Å². The molecule has 1 fully saturated rings. The van der Waals surface area contributed by atoms with Gasteiger partial charge < -0.3 is 10.6 Å². The maximum Gasteiger partial charge on any atom is 0.223 e. The largest absolute Gasteiger partial charge is 0.338 e. The second-order valence-corrected chi connectivity index (χ2v) is 6.21. The average molecular weight is 325 g/mol. The maximum absolute atomic E-state index is 12.6. The predicted molar refractivity (Wildman–Crippen MR) is 93.9 cm³/mol. The van der Waals surface area contributed by atoms with Crippen molar-refractivity contribution in [3.63, 3.8) is 0 Å². The number of rotatable bonds is 6. The highest BCUT2D eigenvalue weighted by molar-refractivity contribution is 5.85. The molecule has 1 saturated carbocycles. The number of carbonyl (C=O) groups excluding carboxylic acids is 1. The van der Waals surface area contributed by atoms with Crippen LogP contribution in [0.15, 0.2) is 30.3 Å². The summed E-state index contributed by atoms with van der Waals surface area (Å²) < 4.78 is 0. The second-order valence-electron chi connectivity index (χ2n) is 6.21. The molecule has 4 heteroatoms. The zero-order valence-corrected chi connectivity index (χ0v) is 14.4. The van der Waals surface area contributed by atoms with Crippen molar-refractivity contribution in [2.75, 3.05) is 6.54 Å². The lowest BCUT2D eigenvalue weighted by molar-refractivity contribution is -0.133. The Morgan fingerprint density at radius 2 is 1.91 bits per heavy atom. The van der Waals surface area contributed by atoms with Crippen LogP contribution in [-0.4, -0.2) is 23.4 Å². The van der Waals surface area contributed by atoms with Crippen molar-refractivity contribution in [3.05, 3.63) is 35.9 Å². The van der Waals surface area contributed by atoms with Gasteiger partial charge in [0, 0.05) is 25.6 Å². The Balaban J connectivity index is 0.00000242. The smallest absolute Gasteiger partial charge is 0.223 e. The van der Waals surface area contributed by atoms with Gasteiger partial charge in [0.15, 0.2) is 0 Å². The van der Waals surface area contributed by atoms with Gasteiger partial charge in [-0.05, 0) is 30.7 Å². The Hall–Kier alpha value is -1.06. The van der Waals surface area contributed by atoms with E-state index in [2.05, 4.69) is 19.1 Å². The molecule has 0 radical (unpaired) electrons. The molecule has 1 aromatic rings. The van der Waals surface area contributed by atoms with E-state index in [1.807, 2.05) is 23.1 Å². The van der Waals surface area contributed by atoms with E-state index >= 15 is 0 Å². The molecule has 0 saturated heterocycles. The van der Waals surface area contributed by atoms with Gasteiger partial charge in [0.25, 0.3) is 0 Å². The Labute approximate surface area is 140 Å². The first-order valence-electron chi connectivity index (χ1n) is 8.28. The standard InChI is InChI=1S/C18H28N2O.ClH/c1-2-12-20(14-15-8-4-3-5-9-15)18(21)13-16-10-6-7-11-17(16)19;/h3-5,8-9,16-17H,2,6-7,10-14,19H2,1H3;1H. The summed E-state index contributed by atoms with van der Waals surface area (Å²) in [5.41, 5.74) is 7.38. The molecule has 22 heavy (non-hydrogen) atoms. The zero-order valence-electron chi connectivity index (χ0n) is 13.5. The van der Waals surface area contributed by atoms with Crippen LogP contribution < -0.4 is 5.73 Å². The fourth-order valence-electron chi connectivity index (χ4n) is 3.21. The highest BCUT2D eigenvalue weighted by atomic mass is 35.5. The number of carbonyl (C=O) groups is 1. The molecule has 1 aromatic carbocycles. The first kappa shape index (κ1) is 19.0. The number of nitrogens with zero attached hydrogens (tertiary/aromatic N) is 1. The Bertz CT molecular complexity index is 438. The van der Waals surface area contributed by atoms with E-state index < -0.39 is 0 Å². The van der Waals surface area contributed by atoms with Crippen LogP contribution in [0.3, 0.4) is 0 Å². The minimum Gasteiger partial charge on any atom is -0.338 e. The lowest BCUT2D eigenvalue weighted by atomic mass is 9.82. The maximum atomic E-state index is 12.6. The quantitative estimate of drug-likeness (QED) is 0.866.